The van der Waals surface area contributed by atoms with Gasteiger partial charge in [0, 0.05) is 21.2 Å². The molecule has 4 rings (SSSR count). The molecule has 156 valence electrons. The maximum Gasteiger partial charge on any atom is 0.276 e. The first kappa shape index (κ1) is 21.2. The Morgan fingerprint density at radius 3 is 2.23 bits per heavy atom. The summed E-state index contributed by atoms with van der Waals surface area (Å²) in [5.41, 5.74) is 3.72. The standard InChI is InChI=1S/C25H20Cl2N2O2/c1-17-21(25(30)29(28-17)15-19-9-2-5-11-22(19)26)14-18-8-4-7-13-24(18)31-16-20-10-3-6-12-23(20)27/h2-14H,15-16H2,1H3/b21-14-. The lowest BCUT2D eigenvalue weighted by molar-refractivity contribution is -0.126. The minimum Gasteiger partial charge on any atom is -0.488 e. The molecule has 0 spiro atoms. The molecule has 0 bridgehead atoms. The second-order valence-electron chi connectivity index (χ2n) is 7.12. The van der Waals surface area contributed by atoms with E-state index in [1.165, 1.54) is 5.01 Å². The van der Waals surface area contributed by atoms with Crippen molar-refractivity contribution in [1.82, 2.24) is 5.01 Å². The van der Waals surface area contributed by atoms with E-state index in [0.29, 0.717) is 40.2 Å². The monoisotopic (exact) mass is 450 g/mol. The minimum absolute atomic E-state index is 0.168. The van der Waals surface area contributed by atoms with Gasteiger partial charge in [-0.2, -0.15) is 5.10 Å². The topological polar surface area (TPSA) is 41.9 Å². The van der Waals surface area contributed by atoms with Crippen molar-refractivity contribution < 1.29 is 9.53 Å². The summed E-state index contributed by atoms with van der Waals surface area (Å²) in [7, 11) is 0. The highest BCUT2D eigenvalue weighted by molar-refractivity contribution is 6.31. The molecule has 6 heteroatoms. The van der Waals surface area contributed by atoms with Crippen LogP contribution in [0.25, 0.3) is 6.08 Å². The predicted octanol–water partition coefficient (Wildman–Crippen LogP) is 6.37. The second-order valence-corrected chi connectivity index (χ2v) is 7.93. The van der Waals surface area contributed by atoms with E-state index in [1.807, 2.05) is 79.7 Å². The van der Waals surface area contributed by atoms with Crippen molar-refractivity contribution in [3.63, 3.8) is 0 Å². The average molecular weight is 451 g/mol. The summed E-state index contributed by atoms with van der Waals surface area (Å²) in [6, 6.07) is 22.6. The average Bonchev–Trinajstić information content (AvgIpc) is 3.03. The summed E-state index contributed by atoms with van der Waals surface area (Å²) in [6.45, 7) is 2.47. The zero-order chi connectivity index (χ0) is 21.8. The number of para-hydroxylation sites is 1. The van der Waals surface area contributed by atoms with Crippen LogP contribution in [0.15, 0.2) is 83.5 Å². The van der Waals surface area contributed by atoms with Crippen molar-refractivity contribution in [3.05, 3.63) is 105 Å². The van der Waals surface area contributed by atoms with Crippen molar-refractivity contribution in [2.45, 2.75) is 20.1 Å². The van der Waals surface area contributed by atoms with Gasteiger partial charge in [-0.1, -0.05) is 77.8 Å². The van der Waals surface area contributed by atoms with Crippen molar-refractivity contribution in [1.29, 1.82) is 0 Å². The molecule has 0 fully saturated rings. The lowest BCUT2D eigenvalue weighted by Crippen LogP contribution is -2.21. The van der Waals surface area contributed by atoms with Crippen LogP contribution in [0.5, 0.6) is 5.75 Å². The van der Waals surface area contributed by atoms with Gasteiger partial charge in [-0.25, -0.2) is 5.01 Å². The number of amides is 1. The summed E-state index contributed by atoms with van der Waals surface area (Å²) >= 11 is 12.5. The smallest absolute Gasteiger partial charge is 0.276 e. The molecule has 1 amide bonds. The molecule has 0 saturated carbocycles. The minimum atomic E-state index is -0.168. The Hall–Kier alpha value is -3.08. The van der Waals surface area contributed by atoms with E-state index in [-0.39, 0.29) is 5.91 Å². The number of ether oxygens (including phenoxy) is 1. The molecule has 0 aliphatic carbocycles. The molecule has 0 unspecified atom stereocenters. The number of carbonyl (C=O) groups is 1. The SMILES string of the molecule is CC1=NN(Cc2ccccc2Cl)C(=O)/C1=C\c1ccccc1OCc1ccccc1Cl. The lowest BCUT2D eigenvalue weighted by atomic mass is 10.1. The van der Waals surface area contributed by atoms with E-state index in [2.05, 4.69) is 5.10 Å². The first-order valence-corrected chi connectivity index (χ1v) is 10.6. The molecule has 3 aromatic carbocycles. The Kier molecular flexibility index (Phi) is 6.40. The fourth-order valence-corrected chi connectivity index (χ4v) is 3.68. The van der Waals surface area contributed by atoms with Gasteiger partial charge in [0.15, 0.2) is 0 Å². The Bertz CT molecular complexity index is 1190. The Morgan fingerprint density at radius 2 is 1.52 bits per heavy atom. The number of rotatable bonds is 6. The van der Waals surface area contributed by atoms with E-state index in [9.17, 15) is 4.79 Å². The van der Waals surface area contributed by atoms with Crippen LogP contribution < -0.4 is 4.74 Å². The van der Waals surface area contributed by atoms with E-state index in [1.54, 1.807) is 6.07 Å². The summed E-state index contributed by atoms with van der Waals surface area (Å²) in [6.07, 6.45) is 1.82. The van der Waals surface area contributed by atoms with Gasteiger partial charge in [0.25, 0.3) is 5.91 Å². The number of benzene rings is 3. The Labute approximate surface area is 191 Å². The largest absolute Gasteiger partial charge is 0.488 e. The van der Waals surface area contributed by atoms with E-state index >= 15 is 0 Å². The Balaban J connectivity index is 1.55. The van der Waals surface area contributed by atoms with Crippen molar-refractivity contribution in [2.24, 2.45) is 5.10 Å². The molecule has 0 atom stereocenters. The number of hydrazone groups is 1. The van der Waals surface area contributed by atoms with E-state index < -0.39 is 0 Å². The third-order valence-electron chi connectivity index (χ3n) is 4.96. The molecular weight excluding hydrogens is 431 g/mol. The van der Waals surface area contributed by atoms with Crippen LogP contribution in [0.3, 0.4) is 0 Å². The molecule has 31 heavy (non-hydrogen) atoms. The second kappa shape index (κ2) is 9.38. The quantitative estimate of drug-likeness (QED) is 0.409. The first-order chi connectivity index (χ1) is 15.0. The predicted molar refractivity (Wildman–Crippen MR) is 125 cm³/mol. The number of nitrogens with zero attached hydrogens (tertiary/aromatic N) is 2. The highest BCUT2D eigenvalue weighted by atomic mass is 35.5. The summed E-state index contributed by atoms with van der Waals surface area (Å²) in [5, 5.41) is 7.14. The van der Waals surface area contributed by atoms with Gasteiger partial charge in [0.2, 0.25) is 0 Å². The van der Waals surface area contributed by atoms with Crippen LogP contribution in [0, 0.1) is 0 Å². The van der Waals surface area contributed by atoms with Crippen LogP contribution in [0.4, 0.5) is 0 Å². The van der Waals surface area contributed by atoms with Crippen molar-refractivity contribution >= 4 is 40.9 Å². The van der Waals surface area contributed by atoms with Gasteiger partial charge in [-0.3, -0.25) is 4.79 Å². The third kappa shape index (κ3) is 4.82. The lowest BCUT2D eigenvalue weighted by Gasteiger charge is -2.13. The zero-order valence-corrected chi connectivity index (χ0v) is 18.4. The summed E-state index contributed by atoms with van der Waals surface area (Å²) in [4.78, 5) is 13.0. The van der Waals surface area contributed by atoms with Gasteiger partial charge in [0.05, 0.1) is 17.8 Å². The van der Waals surface area contributed by atoms with Crippen LogP contribution in [-0.2, 0) is 17.9 Å². The molecular formula is C25H20Cl2N2O2. The molecule has 3 aromatic rings. The fraction of sp³-hybridized carbons (Fsp3) is 0.120. The summed E-state index contributed by atoms with van der Waals surface area (Å²) in [5.74, 6) is 0.499. The molecule has 0 saturated heterocycles. The van der Waals surface area contributed by atoms with Crippen LogP contribution in [0.1, 0.15) is 23.6 Å². The normalized spacial score (nSPS) is 14.8. The summed E-state index contributed by atoms with van der Waals surface area (Å²) < 4.78 is 6.01. The van der Waals surface area contributed by atoms with E-state index in [0.717, 1.165) is 16.7 Å². The number of halogens is 2. The van der Waals surface area contributed by atoms with Gasteiger partial charge in [-0.15, -0.1) is 0 Å². The van der Waals surface area contributed by atoms with Crippen LogP contribution in [0.2, 0.25) is 10.0 Å². The fourth-order valence-electron chi connectivity index (χ4n) is 3.29. The van der Waals surface area contributed by atoms with Gasteiger partial charge in [0.1, 0.15) is 12.4 Å². The highest BCUT2D eigenvalue weighted by Crippen LogP contribution is 2.27. The van der Waals surface area contributed by atoms with Crippen LogP contribution in [-0.4, -0.2) is 16.6 Å². The van der Waals surface area contributed by atoms with Crippen molar-refractivity contribution in [2.75, 3.05) is 0 Å². The molecule has 1 heterocycles. The molecule has 0 radical (unpaired) electrons. The van der Waals surface area contributed by atoms with Gasteiger partial charge >= 0.3 is 0 Å². The maximum atomic E-state index is 13.0. The van der Waals surface area contributed by atoms with Gasteiger partial charge in [-0.05, 0) is 36.8 Å². The third-order valence-corrected chi connectivity index (χ3v) is 5.70. The number of carbonyl (C=O) groups excluding carboxylic acids is 1. The molecule has 1 aliphatic heterocycles. The Morgan fingerprint density at radius 1 is 0.903 bits per heavy atom. The van der Waals surface area contributed by atoms with E-state index in [4.69, 9.17) is 27.9 Å². The first-order valence-electron chi connectivity index (χ1n) is 9.80. The molecule has 0 N–H and O–H groups in total. The maximum absolute atomic E-state index is 13.0. The number of hydrogen-bond acceptors (Lipinski definition) is 3. The highest BCUT2D eigenvalue weighted by Gasteiger charge is 2.28. The van der Waals surface area contributed by atoms with Crippen molar-refractivity contribution in [3.8, 4) is 5.75 Å². The molecule has 4 nitrogen and oxygen atoms in total. The zero-order valence-electron chi connectivity index (χ0n) is 16.9. The van der Waals surface area contributed by atoms with Crippen LogP contribution >= 0.6 is 23.2 Å². The number of hydrogen-bond donors (Lipinski definition) is 0. The molecule has 0 aromatic heterocycles. The molecule has 1 aliphatic rings. The van der Waals surface area contributed by atoms with Gasteiger partial charge < -0.3 is 4.74 Å².